The van der Waals surface area contributed by atoms with Crippen molar-refractivity contribution in [3.8, 4) is 5.75 Å². The average Bonchev–Trinajstić information content (AvgIpc) is 3.64. The molecule has 4 aromatic rings. The van der Waals surface area contributed by atoms with Crippen LogP contribution in [0.1, 0.15) is 24.0 Å². The van der Waals surface area contributed by atoms with Gasteiger partial charge in [0.25, 0.3) is 0 Å². The van der Waals surface area contributed by atoms with E-state index in [0.717, 1.165) is 58.1 Å². The number of nitrogens with one attached hydrogen (secondary N) is 5. The van der Waals surface area contributed by atoms with Gasteiger partial charge in [0.15, 0.2) is 0 Å². The molecule has 182 valence electrons. The number of para-hydroxylation sites is 1. The van der Waals surface area contributed by atoms with E-state index in [-0.39, 0.29) is 17.9 Å². The van der Waals surface area contributed by atoms with E-state index in [4.69, 9.17) is 4.74 Å². The summed E-state index contributed by atoms with van der Waals surface area (Å²) in [5, 5.41) is 11.4. The standard InChI is InChI=1S/C27H31N5O3/c1-35-19-8-9-23-21(14-19)17(15-30-23)10-12-29-26(33)25(32-27(34)24-7-4-11-28-24)13-18-16-31-22-6-3-2-5-20(18)22/h2-3,5-6,8-9,14-16,24-25,28,30-31H,4,7,10-13H2,1H3,(H,29,33)(H,32,34)/t24-,25-/m0/s1. The van der Waals surface area contributed by atoms with Crippen LogP contribution in [0.2, 0.25) is 0 Å². The minimum Gasteiger partial charge on any atom is -0.497 e. The predicted octanol–water partition coefficient (Wildman–Crippen LogP) is 2.80. The maximum atomic E-state index is 13.3. The highest BCUT2D eigenvalue weighted by atomic mass is 16.5. The van der Waals surface area contributed by atoms with Gasteiger partial charge in [-0.3, -0.25) is 9.59 Å². The van der Waals surface area contributed by atoms with Crippen LogP contribution in [-0.4, -0.2) is 54.1 Å². The van der Waals surface area contributed by atoms with Crippen molar-refractivity contribution in [2.24, 2.45) is 0 Å². The van der Waals surface area contributed by atoms with Gasteiger partial charge in [0, 0.05) is 47.2 Å². The quantitative estimate of drug-likeness (QED) is 0.257. The van der Waals surface area contributed by atoms with Crippen LogP contribution in [-0.2, 0) is 22.4 Å². The first kappa shape index (κ1) is 23.0. The lowest BCUT2D eigenvalue weighted by Gasteiger charge is -2.20. The van der Waals surface area contributed by atoms with Crippen molar-refractivity contribution in [1.82, 2.24) is 25.9 Å². The third-order valence-electron chi connectivity index (χ3n) is 6.78. The number of hydrogen-bond donors (Lipinski definition) is 5. The van der Waals surface area contributed by atoms with Crippen LogP contribution >= 0.6 is 0 Å². The first-order valence-electron chi connectivity index (χ1n) is 12.1. The van der Waals surface area contributed by atoms with E-state index in [1.807, 2.05) is 54.9 Å². The molecule has 8 nitrogen and oxygen atoms in total. The molecular weight excluding hydrogens is 442 g/mol. The fraction of sp³-hybridized carbons (Fsp3) is 0.333. The van der Waals surface area contributed by atoms with E-state index in [2.05, 4.69) is 25.9 Å². The molecule has 0 radical (unpaired) electrons. The molecule has 8 heteroatoms. The van der Waals surface area contributed by atoms with E-state index in [9.17, 15) is 9.59 Å². The van der Waals surface area contributed by atoms with Gasteiger partial charge in [0.1, 0.15) is 11.8 Å². The summed E-state index contributed by atoms with van der Waals surface area (Å²) in [7, 11) is 1.65. The number of benzene rings is 2. The molecule has 0 spiro atoms. The van der Waals surface area contributed by atoms with Crippen molar-refractivity contribution >= 4 is 33.6 Å². The Kier molecular flexibility index (Phi) is 6.72. The van der Waals surface area contributed by atoms with Crippen molar-refractivity contribution in [3.05, 3.63) is 66.0 Å². The Morgan fingerprint density at radius 3 is 2.66 bits per heavy atom. The fourth-order valence-electron chi connectivity index (χ4n) is 4.85. The maximum Gasteiger partial charge on any atom is 0.242 e. The highest BCUT2D eigenvalue weighted by molar-refractivity contribution is 5.91. The first-order valence-corrected chi connectivity index (χ1v) is 12.1. The monoisotopic (exact) mass is 473 g/mol. The lowest BCUT2D eigenvalue weighted by atomic mass is 10.0. The van der Waals surface area contributed by atoms with Crippen molar-refractivity contribution in [3.63, 3.8) is 0 Å². The third kappa shape index (κ3) is 5.02. The summed E-state index contributed by atoms with van der Waals surface area (Å²) in [6, 6.07) is 13.0. The molecule has 5 N–H and O–H groups in total. The molecule has 1 aliphatic heterocycles. The molecule has 35 heavy (non-hydrogen) atoms. The van der Waals surface area contributed by atoms with Crippen LogP contribution in [0.15, 0.2) is 54.9 Å². The van der Waals surface area contributed by atoms with Crippen molar-refractivity contribution in [2.75, 3.05) is 20.2 Å². The van der Waals surface area contributed by atoms with E-state index in [1.54, 1.807) is 7.11 Å². The van der Waals surface area contributed by atoms with Gasteiger partial charge in [-0.05, 0) is 61.2 Å². The summed E-state index contributed by atoms with van der Waals surface area (Å²) in [5.74, 6) is 0.495. The van der Waals surface area contributed by atoms with Gasteiger partial charge in [-0.15, -0.1) is 0 Å². The number of carbonyl (C=O) groups is 2. The molecule has 0 bridgehead atoms. The number of carbonyl (C=O) groups excluding carboxylic acids is 2. The molecule has 3 heterocycles. The highest BCUT2D eigenvalue weighted by Crippen LogP contribution is 2.24. The van der Waals surface area contributed by atoms with E-state index in [1.165, 1.54) is 0 Å². The van der Waals surface area contributed by atoms with Crippen LogP contribution in [0, 0.1) is 0 Å². The van der Waals surface area contributed by atoms with Gasteiger partial charge in [-0.25, -0.2) is 0 Å². The molecule has 0 unspecified atom stereocenters. The molecule has 2 aromatic heterocycles. The molecule has 1 saturated heterocycles. The number of aromatic amines is 2. The molecule has 1 fully saturated rings. The molecule has 2 amide bonds. The van der Waals surface area contributed by atoms with Gasteiger partial charge < -0.3 is 30.7 Å². The second-order valence-electron chi connectivity index (χ2n) is 9.04. The van der Waals surface area contributed by atoms with Crippen molar-refractivity contribution in [2.45, 2.75) is 37.8 Å². The zero-order valence-corrected chi connectivity index (χ0v) is 19.8. The van der Waals surface area contributed by atoms with Crippen LogP contribution < -0.4 is 20.7 Å². The number of ether oxygens (including phenoxy) is 1. The van der Waals surface area contributed by atoms with Gasteiger partial charge in [-0.1, -0.05) is 18.2 Å². The van der Waals surface area contributed by atoms with Gasteiger partial charge in [0.2, 0.25) is 11.8 Å². The molecule has 5 rings (SSSR count). The van der Waals surface area contributed by atoms with Crippen LogP contribution in [0.4, 0.5) is 0 Å². The van der Waals surface area contributed by atoms with Crippen LogP contribution in [0.5, 0.6) is 5.75 Å². The summed E-state index contributed by atoms with van der Waals surface area (Å²) >= 11 is 0. The Labute approximate surface area is 203 Å². The normalized spacial score (nSPS) is 16.4. The maximum absolute atomic E-state index is 13.3. The Bertz CT molecular complexity index is 1340. The Hall–Kier alpha value is -3.78. The van der Waals surface area contributed by atoms with Crippen molar-refractivity contribution in [1.29, 1.82) is 0 Å². The minimum absolute atomic E-state index is 0.119. The Balaban J connectivity index is 1.28. The van der Waals surface area contributed by atoms with Crippen LogP contribution in [0.3, 0.4) is 0 Å². The van der Waals surface area contributed by atoms with E-state index >= 15 is 0 Å². The zero-order chi connectivity index (χ0) is 24.2. The second kappa shape index (κ2) is 10.2. The van der Waals surface area contributed by atoms with E-state index in [0.29, 0.717) is 19.4 Å². The molecule has 2 aromatic carbocycles. The Morgan fingerprint density at radius 1 is 1.06 bits per heavy atom. The van der Waals surface area contributed by atoms with Gasteiger partial charge in [0.05, 0.1) is 13.2 Å². The van der Waals surface area contributed by atoms with Gasteiger partial charge in [-0.2, -0.15) is 0 Å². The number of hydrogen-bond acceptors (Lipinski definition) is 4. The largest absolute Gasteiger partial charge is 0.497 e. The predicted molar refractivity (Wildman–Crippen MR) is 137 cm³/mol. The number of methoxy groups -OCH3 is 1. The zero-order valence-electron chi connectivity index (χ0n) is 19.8. The summed E-state index contributed by atoms with van der Waals surface area (Å²) < 4.78 is 5.35. The lowest BCUT2D eigenvalue weighted by molar-refractivity contribution is -0.129. The smallest absolute Gasteiger partial charge is 0.242 e. The summed E-state index contributed by atoms with van der Waals surface area (Å²) in [6.07, 6.45) is 6.72. The third-order valence-corrected chi connectivity index (χ3v) is 6.78. The molecule has 2 atom stereocenters. The van der Waals surface area contributed by atoms with Crippen molar-refractivity contribution < 1.29 is 14.3 Å². The molecular formula is C27H31N5O3. The average molecular weight is 474 g/mol. The lowest BCUT2D eigenvalue weighted by Crippen LogP contribution is -2.52. The SMILES string of the molecule is COc1ccc2[nH]cc(CCNC(=O)[C@H](Cc3c[nH]c4ccccc34)NC(=O)[C@@H]3CCCN3)c2c1. The Morgan fingerprint density at radius 2 is 1.86 bits per heavy atom. The van der Waals surface area contributed by atoms with Gasteiger partial charge >= 0.3 is 0 Å². The summed E-state index contributed by atoms with van der Waals surface area (Å²) in [4.78, 5) is 32.6. The van der Waals surface area contributed by atoms with Crippen LogP contribution in [0.25, 0.3) is 21.8 Å². The second-order valence-corrected chi connectivity index (χ2v) is 9.04. The molecule has 0 aliphatic carbocycles. The number of rotatable bonds is 9. The highest BCUT2D eigenvalue weighted by Gasteiger charge is 2.28. The number of aromatic nitrogens is 2. The summed E-state index contributed by atoms with van der Waals surface area (Å²) in [5.41, 5.74) is 4.15. The minimum atomic E-state index is -0.660. The summed E-state index contributed by atoms with van der Waals surface area (Å²) in [6.45, 7) is 1.29. The van der Waals surface area contributed by atoms with E-state index < -0.39 is 6.04 Å². The molecule has 1 aliphatic rings. The molecule has 0 saturated carbocycles. The number of fused-ring (bicyclic) bond motifs is 2. The number of H-pyrrole nitrogens is 2. The fourth-order valence-corrected chi connectivity index (χ4v) is 4.85. The topological polar surface area (TPSA) is 111 Å². The first-order chi connectivity index (χ1) is 17.1. The number of amides is 2.